The molecule has 3 N–H and O–H groups in total. The van der Waals surface area contributed by atoms with Gasteiger partial charge in [-0.25, -0.2) is 4.79 Å². The Hall–Kier alpha value is -1.14. The van der Waals surface area contributed by atoms with E-state index in [0.29, 0.717) is 6.54 Å². The number of nitrogens with one attached hydrogen (secondary N) is 2. The maximum absolute atomic E-state index is 12.1. The van der Waals surface area contributed by atoms with E-state index in [1.165, 1.54) is 4.90 Å². The molecule has 6 heteroatoms. The lowest BCUT2D eigenvalue weighted by atomic mass is 10.1. The minimum absolute atomic E-state index is 0.0792. The highest BCUT2D eigenvalue weighted by atomic mass is 16.3. The number of carbonyl (C=O) groups excluding carboxylic acids is 2. The summed E-state index contributed by atoms with van der Waals surface area (Å²) in [7, 11) is 0. The number of urea groups is 1. The Labute approximate surface area is 133 Å². The van der Waals surface area contributed by atoms with Crippen molar-refractivity contribution in [3.05, 3.63) is 0 Å². The number of unbranched alkanes of at least 4 members (excludes halogenated alkanes) is 2. The number of quaternary nitrogens is 1. The summed E-state index contributed by atoms with van der Waals surface area (Å²) < 4.78 is 0. The molecule has 1 atom stereocenters. The van der Waals surface area contributed by atoms with Crippen LogP contribution in [0.1, 0.15) is 53.4 Å². The van der Waals surface area contributed by atoms with E-state index in [1.54, 1.807) is 13.8 Å². The zero-order valence-corrected chi connectivity index (χ0v) is 14.4. The molecule has 0 aromatic rings. The summed E-state index contributed by atoms with van der Waals surface area (Å²) in [5, 5.41) is 12.9. The number of nitrogens with zero attached hydrogens (tertiary/aromatic N) is 1. The van der Waals surface area contributed by atoms with Gasteiger partial charge in [0.2, 0.25) is 0 Å². The van der Waals surface area contributed by atoms with E-state index in [4.69, 9.17) is 0 Å². The van der Waals surface area contributed by atoms with Crippen LogP contribution in [0.5, 0.6) is 0 Å². The van der Waals surface area contributed by atoms with Gasteiger partial charge in [-0.05, 0) is 26.7 Å². The lowest BCUT2D eigenvalue weighted by Crippen LogP contribution is -3.13. The van der Waals surface area contributed by atoms with Crippen LogP contribution in [-0.4, -0.2) is 59.8 Å². The van der Waals surface area contributed by atoms with Crippen LogP contribution in [-0.2, 0) is 4.79 Å². The quantitative estimate of drug-likeness (QED) is 0.503. The fourth-order valence-electron chi connectivity index (χ4n) is 2.77. The summed E-state index contributed by atoms with van der Waals surface area (Å²) in [6.07, 6.45) is 3.84. The minimum Gasteiger partial charge on any atom is -0.385 e. The van der Waals surface area contributed by atoms with Crippen LogP contribution in [0.3, 0.4) is 0 Å². The molecule has 6 nitrogen and oxygen atoms in total. The zero-order chi connectivity index (χ0) is 16.8. The van der Waals surface area contributed by atoms with Crippen molar-refractivity contribution >= 4 is 11.9 Å². The lowest BCUT2D eigenvalue weighted by molar-refractivity contribution is -0.903. The molecule has 1 aliphatic rings. The second kappa shape index (κ2) is 8.48. The van der Waals surface area contributed by atoms with Crippen LogP contribution in [0.2, 0.25) is 0 Å². The number of β-amino-alcohol motifs (C(OH)–C–C–N with tert-alkyl or cyclic N) is 1. The van der Waals surface area contributed by atoms with Crippen LogP contribution in [0.25, 0.3) is 0 Å². The fraction of sp³-hybridized carbons (Fsp3) is 0.875. The normalized spacial score (nSPS) is 18.9. The van der Waals surface area contributed by atoms with E-state index in [2.05, 4.69) is 19.2 Å². The molecule has 0 spiro atoms. The van der Waals surface area contributed by atoms with Crippen LogP contribution in [0.4, 0.5) is 4.79 Å². The molecule has 0 aromatic heterocycles. The van der Waals surface area contributed by atoms with Crippen molar-refractivity contribution in [1.82, 2.24) is 10.2 Å². The predicted octanol–water partition coefficient (Wildman–Crippen LogP) is 0.163. The molecular weight excluding hydrogens is 282 g/mol. The number of aliphatic hydroxyl groups is 1. The first kappa shape index (κ1) is 18.9. The maximum Gasteiger partial charge on any atom is 0.325 e. The number of hydrogen-bond acceptors (Lipinski definition) is 3. The average Bonchev–Trinajstić information content (AvgIpc) is 2.64. The lowest BCUT2D eigenvalue weighted by Gasteiger charge is -2.24. The first-order valence-corrected chi connectivity index (χ1v) is 8.47. The number of amides is 3. The number of rotatable bonds is 10. The van der Waals surface area contributed by atoms with E-state index in [0.717, 1.165) is 43.7 Å². The smallest absolute Gasteiger partial charge is 0.325 e. The van der Waals surface area contributed by atoms with Crippen molar-refractivity contribution in [3.8, 4) is 0 Å². The fourth-order valence-corrected chi connectivity index (χ4v) is 2.77. The Morgan fingerprint density at radius 3 is 2.14 bits per heavy atom. The summed E-state index contributed by atoms with van der Waals surface area (Å²) >= 11 is 0. The van der Waals surface area contributed by atoms with Crippen LogP contribution < -0.4 is 10.2 Å². The van der Waals surface area contributed by atoms with Gasteiger partial charge in [-0.2, -0.15) is 0 Å². The Balaban J connectivity index is 2.53. The molecule has 1 heterocycles. The van der Waals surface area contributed by atoms with Crippen LogP contribution in [0.15, 0.2) is 0 Å². The van der Waals surface area contributed by atoms with E-state index in [1.807, 2.05) is 0 Å². The second-order valence-corrected chi connectivity index (χ2v) is 6.79. The van der Waals surface area contributed by atoms with Gasteiger partial charge in [0.1, 0.15) is 18.2 Å². The van der Waals surface area contributed by atoms with Crippen molar-refractivity contribution in [1.29, 1.82) is 0 Å². The number of carbonyl (C=O) groups is 2. The molecular formula is C16H32N3O3+. The molecule has 0 unspecified atom stereocenters. The SMILES string of the molecule is CCCC[NH+](CCCC)C[C@H](O)CN1C(=O)NC(C)(C)C1=O. The van der Waals surface area contributed by atoms with Gasteiger partial charge in [-0.3, -0.25) is 9.69 Å². The predicted molar refractivity (Wildman–Crippen MR) is 85.7 cm³/mol. The summed E-state index contributed by atoms with van der Waals surface area (Å²) in [5.74, 6) is -0.264. The standard InChI is InChI=1S/C16H31N3O3/c1-5-7-9-18(10-8-6-2)11-13(20)12-19-14(21)16(3,4)17-15(19)22/h13,20H,5-12H2,1-4H3,(H,17,22)/p+1/t13-/m0/s1. The van der Waals surface area contributed by atoms with Crippen molar-refractivity contribution in [2.24, 2.45) is 0 Å². The van der Waals surface area contributed by atoms with Gasteiger partial charge in [0.15, 0.2) is 0 Å². The number of aliphatic hydroxyl groups excluding tert-OH is 1. The van der Waals surface area contributed by atoms with Crippen molar-refractivity contribution in [2.45, 2.75) is 65.0 Å². The Bertz CT molecular complexity index is 377. The molecule has 22 heavy (non-hydrogen) atoms. The second-order valence-electron chi connectivity index (χ2n) is 6.79. The maximum atomic E-state index is 12.1. The van der Waals surface area contributed by atoms with E-state index in [-0.39, 0.29) is 12.5 Å². The minimum atomic E-state index is -0.867. The van der Waals surface area contributed by atoms with E-state index in [9.17, 15) is 14.7 Å². The Morgan fingerprint density at radius 1 is 1.18 bits per heavy atom. The van der Waals surface area contributed by atoms with Crippen molar-refractivity contribution in [2.75, 3.05) is 26.2 Å². The average molecular weight is 314 g/mol. The molecule has 1 aliphatic heterocycles. The zero-order valence-electron chi connectivity index (χ0n) is 14.4. The third-order valence-electron chi connectivity index (χ3n) is 4.13. The van der Waals surface area contributed by atoms with Crippen molar-refractivity contribution < 1.29 is 19.6 Å². The van der Waals surface area contributed by atoms with Gasteiger partial charge < -0.3 is 15.3 Å². The van der Waals surface area contributed by atoms with Gasteiger partial charge in [-0.15, -0.1) is 0 Å². The molecule has 0 aromatic carbocycles. The van der Waals surface area contributed by atoms with Gasteiger partial charge in [0.25, 0.3) is 5.91 Å². The van der Waals surface area contributed by atoms with Gasteiger partial charge in [0, 0.05) is 0 Å². The highest BCUT2D eigenvalue weighted by Gasteiger charge is 2.44. The Morgan fingerprint density at radius 2 is 1.73 bits per heavy atom. The summed E-state index contributed by atoms with van der Waals surface area (Å²) in [6.45, 7) is 10.4. The van der Waals surface area contributed by atoms with Crippen molar-refractivity contribution in [3.63, 3.8) is 0 Å². The molecule has 0 aliphatic carbocycles. The molecule has 0 bridgehead atoms. The summed E-state index contributed by atoms with van der Waals surface area (Å²) in [5.41, 5.74) is -0.867. The third-order valence-corrected chi connectivity index (χ3v) is 4.13. The highest BCUT2D eigenvalue weighted by molar-refractivity contribution is 6.06. The molecule has 0 saturated carbocycles. The molecule has 1 rings (SSSR count). The monoisotopic (exact) mass is 314 g/mol. The summed E-state index contributed by atoms with van der Waals surface area (Å²) in [4.78, 5) is 26.5. The number of hydrogen-bond donors (Lipinski definition) is 3. The molecule has 128 valence electrons. The largest absolute Gasteiger partial charge is 0.385 e. The Kier molecular flexibility index (Phi) is 7.29. The molecule has 3 amide bonds. The van der Waals surface area contributed by atoms with Gasteiger partial charge in [0.05, 0.1) is 19.6 Å². The highest BCUT2D eigenvalue weighted by Crippen LogP contribution is 2.16. The molecule has 1 saturated heterocycles. The van der Waals surface area contributed by atoms with E-state index < -0.39 is 17.7 Å². The van der Waals surface area contributed by atoms with Crippen LogP contribution >= 0.6 is 0 Å². The first-order valence-electron chi connectivity index (χ1n) is 8.47. The van der Waals surface area contributed by atoms with E-state index >= 15 is 0 Å². The van der Waals surface area contributed by atoms with Gasteiger partial charge >= 0.3 is 6.03 Å². The van der Waals surface area contributed by atoms with Gasteiger partial charge in [-0.1, -0.05) is 26.7 Å². The topological polar surface area (TPSA) is 74.1 Å². The summed E-state index contributed by atoms with van der Waals surface area (Å²) in [6, 6.07) is -0.405. The molecule has 0 radical (unpaired) electrons. The first-order chi connectivity index (χ1) is 10.3. The third kappa shape index (κ3) is 5.25. The van der Waals surface area contributed by atoms with Crippen LogP contribution in [0, 0.1) is 0 Å². The molecule has 1 fully saturated rings. The number of imide groups is 1.